The minimum atomic E-state index is -3.64. The van der Waals surface area contributed by atoms with Gasteiger partial charge in [-0.25, -0.2) is 4.79 Å². The van der Waals surface area contributed by atoms with Crippen molar-refractivity contribution >= 4 is 33.6 Å². The van der Waals surface area contributed by atoms with E-state index in [0.29, 0.717) is 16.8 Å². The summed E-state index contributed by atoms with van der Waals surface area (Å²) >= 11 is 0. The maximum absolute atomic E-state index is 12.3. The van der Waals surface area contributed by atoms with Gasteiger partial charge in [-0.05, 0) is 42.5 Å². The van der Waals surface area contributed by atoms with Gasteiger partial charge in [0.25, 0.3) is 16.0 Å². The second-order valence-electron chi connectivity index (χ2n) is 6.65. The topological polar surface area (TPSA) is 152 Å². The van der Waals surface area contributed by atoms with Crippen LogP contribution in [0.4, 0.5) is 10.5 Å². The number of benzene rings is 2. The Morgan fingerprint density at radius 3 is 2.65 bits per heavy atom. The predicted octanol–water partition coefficient (Wildman–Crippen LogP) is 1.41. The van der Waals surface area contributed by atoms with E-state index in [1.807, 2.05) is 6.07 Å². The molecule has 0 bridgehead atoms. The molecule has 0 aliphatic carbocycles. The number of aliphatic imine (C=N–C) groups is 1. The van der Waals surface area contributed by atoms with Gasteiger partial charge >= 0.3 is 6.09 Å². The number of carbonyl (C=O) groups excluding carboxylic acids is 2. The van der Waals surface area contributed by atoms with E-state index >= 15 is 0 Å². The molecular formula is C20H18N4O6S. The van der Waals surface area contributed by atoms with Crippen molar-refractivity contribution < 1.29 is 26.9 Å². The van der Waals surface area contributed by atoms with Crippen molar-refractivity contribution in [2.75, 3.05) is 24.3 Å². The number of rotatable bonds is 6. The van der Waals surface area contributed by atoms with E-state index in [9.17, 15) is 18.0 Å². The van der Waals surface area contributed by atoms with E-state index < -0.39 is 28.2 Å². The monoisotopic (exact) mass is 442 g/mol. The molecule has 1 saturated heterocycles. The number of cyclic esters (lactones) is 1. The van der Waals surface area contributed by atoms with Crippen molar-refractivity contribution in [3.05, 3.63) is 65.2 Å². The Labute approximate surface area is 178 Å². The molecule has 2 amide bonds. The molecule has 2 aromatic rings. The molecule has 0 aromatic heterocycles. The Morgan fingerprint density at radius 2 is 2.00 bits per heavy atom. The molecule has 1 fully saturated rings. The summed E-state index contributed by atoms with van der Waals surface area (Å²) in [5, 5.41) is 8.93. The highest BCUT2D eigenvalue weighted by molar-refractivity contribution is 7.85. The lowest BCUT2D eigenvalue weighted by molar-refractivity contribution is 0.100. The SMILES string of the molecule is CS(=O)(=O)OCC1CN(c2ccc(C(N)=NC(=O)c3cccc(C#N)c3)cc2)C(=O)O1. The standard InChI is InChI=1S/C20H18N4O6S/c1-31(27,28)29-12-17-11-24(20(26)30-17)16-7-5-14(6-8-16)18(22)23-19(25)15-4-2-3-13(9-15)10-21/h2-9,17H,11-12H2,1H3,(H2,22,23,25). The number of hydrogen-bond acceptors (Lipinski definition) is 7. The van der Waals surface area contributed by atoms with Gasteiger partial charge < -0.3 is 10.5 Å². The number of anilines is 1. The maximum atomic E-state index is 12.3. The van der Waals surface area contributed by atoms with E-state index in [0.717, 1.165) is 6.26 Å². The Balaban J connectivity index is 1.69. The van der Waals surface area contributed by atoms with Gasteiger partial charge in [-0.2, -0.15) is 18.7 Å². The molecule has 3 rings (SSSR count). The van der Waals surface area contributed by atoms with Crippen LogP contribution in [0.25, 0.3) is 0 Å². The first-order valence-electron chi connectivity index (χ1n) is 8.98. The van der Waals surface area contributed by atoms with Crippen LogP contribution < -0.4 is 10.6 Å². The number of hydrogen-bond donors (Lipinski definition) is 1. The van der Waals surface area contributed by atoms with E-state index in [1.54, 1.807) is 36.4 Å². The van der Waals surface area contributed by atoms with Crippen molar-refractivity contribution in [2.24, 2.45) is 10.7 Å². The summed E-state index contributed by atoms with van der Waals surface area (Å²) in [6, 6.07) is 14.4. The number of nitrogens with two attached hydrogens (primary N) is 1. The Bertz CT molecular complexity index is 1180. The quantitative estimate of drug-likeness (QED) is 0.400. The van der Waals surface area contributed by atoms with Crippen molar-refractivity contribution in [2.45, 2.75) is 6.10 Å². The third kappa shape index (κ3) is 5.65. The molecule has 10 nitrogen and oxygen atoms in total. The maximum Gasteiger partial charge on any atom is 0.414 e. The largest absolute Gasteiger partial charge is 0.441 e. The summed E-state index contributed by atoms with van der Waals surface area (Å²) in [6.07, 6.45) is -0.448. The molecule has 0 radical (unpaired) electrons. The average molecular weight is 442 g/mol. The highest BCUT2D eigenvalue weighted by Gasteiger charge is 2.33. The van der Waals surface area contributed by atoms with Crippen LogP contribution >= 0.6 is 0 Å². The first-order chi connectivity index (χ1) is 14.7. The Morgan fingerprint density at radius 1 is 1.29 bits per heavy atom. The molecular weight excluding hydrogens is 424 g/mol. The normalized spacial score (nSPS) is 16.6. The molecule has 160 valence electrons. The minimum absolute atomic E-state index is 0.0256. The van der Waals surface area contributed by atoms with Crippen LogP contribution in [0.1, 0.15) is 21.5 Å². The Hall–Kier alpha value is -3.75. The van der Waals surface area contributed by atoms with E-state index in [-0.39, 0.29) is 24.6 Å². The number of amides is 2. The second-order valence-corrected chi connectivity index (χ2v) is 8.29. The van der Waals surface area contributed by atoms with Gasteiger partial charge in [-0.15, -0.1) is 0 Å². The summed E-state index contributed by atoms with van der Waals surface area (Å²) in [4.78, 5) is 29.5. The van der Waals surface area contributed by atoms with Crippen molar-refractivity contribution in [3.8, 4) is 6.07 Å². The summed E-state index contributed by atoms with van der Waals surface area (Å²) in [6.45, 7) is -0.154. The van der Waals surface area contributed by atoms with Gasteiger partial charge in [0, 0.05) is 16.8 Å². The van der Waals surface area contributed by atoms with Crippen molar-refractivity contribution in [1.82, 2.24) is 0 Å². The molecule has 11 heteroatoms. The summed E-state index contributed by atoms with van der Waals surface area (Å²) < 4.78 is 31.9. The first kappa shape index (κ1) is 21.9. The molecule has 1 unspecified atom stereocenters. The fourth-order valence-corrected chi connectivity index (χ4v) is 3.19. The highest BCUT2D eigenvalue weighted by Crippen LogP contribution is 2.22. The lowest BCUT2D eigenvalue weighted by atomic mass is 10.1. The molecule has 1 atom stereocenters. The van der Waals surface area contributed by atoms with E-state index in [2.05, 4.69) is 9.18 Å². The van der Waals surface area contributed by atoms with Crippen LogP contribution in [0.3, 0.4) is 0 Å². The number of carbonyl (C=O) groups is 2. The number of nitriles is 1. The predicted molar refractivity (Wildman–Crippen MR) is 111 cm³/mol. The van der Waals surface area contributed by atoms with Gasteiger partial charge in [0.05, 0.1) is 24.4 Å². The fourth-order valence-electron chi connectivity index (χ4n) is 2.79. The van der Waals surface area contributed by atoms with Gasteiger partial charge in [-0.3, -0.25) is 13.9 Å². The van der Waals surface area contributed by atoms with Gasteiger partial charge in [0.15, 0.2) is 0 Å². The van der Waals surface area contributed by atoms with Crippen molar-refractivity contribution in [1.29, 1.82) is 5.26 Å². The number of amidine groups is 1. The van der Waals surface area contributed by atoms with E-state index in [1.165, 1.54) is 17.0 Å². The zero-order chi connectivity index (χ0) is 22.6. The van der Waals surface area contributed by atoms with Crippen LogP contribution in [0.2, 0.25) is 0 Å². The highest BCUT2D eigenvalue weighted by atomic mass is 32.2. The van der Waals surface area contributed by atoms with E-state index in [4.69, 9.17) is 15.7 Å². The minimum Gasteiger partial charge on any atom is -0.441 e. The molecule has 31 heavy (non-hydrogen) atoms. The summed E-state index contributed by atoms with van der Waals surface area (Å²) in [7, 11) is -3.64. The molecule has 1 heterocycles. The average Bonchev–Trinajstić information content (AvgIpc) is 3.12. The van der Waals surface area contributed by atoms with Crippen LogP contribution in [0.5, 0.6) is 0 Å². The fraction of sp³-hybridized carbons (Fsp3) is 0.200. The Kier molecular flexibility index (Phi) is 6.33. The molecule has 1 aliphatic heterocycles. The molecule has 2 aromatic carbocycles. The zero-order valence-corrected chi connectivity index (χ0v) is 17.2. The first-order valence-corrected chi connectivity index (χ1v) is 10.8. The van der Waals surface area contributed by atoms with Gasteiger partial charge in [0.2, 0.25) is 0 Å². The van der Waals surface area contributed by atoms with Crippen LogP contribution in [-0.4, -0.2) is 51.8 Å². The summed E-state index contributed by atoms with van der Waals surface area (Å²) in [5.74, 6) is -0.613. The van der Waals surface area contributed by atoms with Crippen LogP contribution in [0.15, 0.2) is 53.5 Å². The lowest BCUT2D eigenvalue weighted by Crippen LogP contribution is -2.26. The second kappa shape index (κ2) is 8.95. The molecule has 1 aliphatic rings. The van der Waals surface area contributed by atoms with Gasteiger partial charge in [-0.1, -0.05) is 6.07 Å². The van der Waals surface area contributed by atoms with Crippen molar-refractivity contribution in [3.63, 3.8) is 0 Å². The smallest absolute Gasteiger partial charge is 0.414 e. The van der Waals surface area contributed by atoms with Gasteiger partial charge in [0.1, 0.15) is 18.5 Å². The number of nitrogens with zero attached hydrogens (tertiary/aromatic N) is 3. The number of ether oxygens (including phenoxy) is 1. The van der Waals surface area contributed by atoms with Crippen LogP contribution in [-0.2, 0) is 19.0 Å². The third-order valence-corrected chi connectivity index (χ3v) is 4.84. The zero-order valence-electron chi connectivity index (χ0n) is 16.4. The molecule has 2 N–H and O–H groups in total. The summed E-state index contributed by atoms with van der Waals surface area (Å²) in [5.41, 5.74) is 7.45. The van der Waals surface area contributed by atoms with Crippen LogP contribution in [0, 0.1) is 11.3 Å². The third-order valence-electron chi connectivity index (χ3n) is 4.28. The molecule has 0 saturated carbocycles. The lowest BCUT2D eigenvalue weighted by Gasteiger charge is -2.13. The molecule has 0 spiro atoms.